The molecule has 0 fully saturated rings. The highest BCUT2D eigenvalue weighted by atomic mass is 32.1. The molecule has 8 heteroatoms. The van der Waals surface area contributed by atoms with Gasteiger partial charge < -0.3 is 23.7 Å². The molecular weight excluding hydrogens is 825 g/mol. The van der Waals surface area contributed by atoms with Crippen LogP contribution in [-0.2, 0) is 43.1 Å². The summed E-state index contributed by atoms with van der Waals surface area (Å²) >= 11 is 5.77. The molecule has 3 heterocycles. The molecule has 0 aromatic carbocycles. The van der Waals surface area contributed by atoms with E-state index in [0.717, 1.165) is 0 Å². The molecule has 356 valence electrons. The smallest absolute Gasteiger partial charge is 0.0732 e. The molecule has 0 N–H and O–H groups in total. The lowest BCUT2D eigenvalue weighted by molar-refractivity contribution is -0.00943. The lowest BCUT2D eigenvalue weighted by Crippen LogP contribution is -2.12. The van der Waals surface area contributed by atoms with Crippen LogP contribution in [0.2, 0.25) is 0 Å². The van der Waals surface area contributed by atoms with E-state index in [2.05, 4.69) is 42.8 Å². The summed E-state index contributed by atoms with van der Waals surface area (Å²) in [6.45, 7) is 9.83. The number of methoxy groups -OCH3 is 1. The first-order valence-corrected chi connectivity index (χ1v) is 28.4. The zero-order valence-corrected chi connectivity index (χ0v) is 42.7. The Morgan fingerprint density at radius 2 is 0.726 bits per heavy atom. The van der Waals surface area contributed by atoms with Crippen molar-refractivity contribution >= 4 is 34.0 Å². The summed E-state index contributed by atoms with van der Waals surface area (Å²) in [5.74, 6) is 0. The van der Waals surface area contributed by atoms with Crippen LogP contribution in [0.15, 0.2) is 29.0 Å². The molecular formula is C54H92O5S3. The van der Waals surface area contributed by atoms with Crippen LogP contribution in [0.3, 0.4) is 0 Å². The number of aryl methyl sites for hydroxylation is 2. The van der Waals surface area contributed by atoms with Crippen molar-refractivity contribution in [2.75, 3.05) is 60.0 Å². The predicted octanol–water partition coefficient (Wildman–Crippen LogP) is 17.5. The fourth-order valence-electron chi connectivity index (χ4n) is 8.16. The number of ether oxygens (including phenoxy) is 5. The third-order valence-corrected chi connectivity index (χ3v) is 15.5. The second-order valence-corrected chi connectivity index (χ2v) is 20.6. The minimum Gasteiger partial charge on any atom is -0.382 e. The highest BCUT2D eigenvalue weighted by molar-refractivity contribution is 7.26. The molecule has 0 bridgehead atoms. The van der Waals surface area contributed by atoms with Crippen LogP contribution in [0.25, 0.3) is 19.5 Å². The Bertz CT molecular complexity index is 1400. The second-order valence-electron chi connectivity index (χ2n) is 17.7. The minimum atomic E-state index is 0.562. The van der Waals surface area contributed by atoms with Gasteiger partial charge in [0.25, 0.3) is 0 Å². The van der Waals surface area contributed by atoms with Gasteiger partial charge in [-0.1, -0.05) is 181 Å². The summed E-state index contributed by atoms with van der Waals surface area (Å²) in [6, 6.07) is 7.33. The molecule has 0 saturated carbocycles. The van der Waals surface area contributed by atoms with Crippen molar-refractivity contribution in [1.82, 2.24) is 0 Å². The molecule has 3 aromatic heterocycles. The van der Waals surface area contributed by atoms with Crippen LogP contribution in [0.4, 0.5) is 0 Å². The van der Waals surface area contributed by atoms with Crippen molar-refractivity contribution in [3.63, 3.8) is 0 Å². The SMILES string of the molecule is CCCCCCCCCCCCCCCCc1csc(-c2cc(COCCOCCOCCOCCOC)c(-c3cc(CCCCCCCCCCCCCCCC)cs3)s2)c1. The van der Waals surface area contributed by atoms with Crippen LogP contribution >= 0.6 is 34.0 Å². The topological polar surface area (TPSA) is 46.2 Å². The normalized spacial score (nSPS) is 11.7. The van der Waals surface area contributed by atoms with Gasteiger partial charge >= 0.3 is 0 Å². The maximum absolute atomic E-state index is 6.23. The zero-order valence-electron chi connectivity index (χ0n) is 40.2. The summed E-state index contributed by atoms with van der Waals surface area (Å²) in [5, 5.41) is 4.81. The van der Waals surface area contributed by atoms with E-state index < -0.39 is 0 Å². The minimum absolute atomic E-state index is 0.562. The molecule has 0 aliphatic rings. The Labute approximate surface area is 393 Å². The van der Waals surface area contributed by atoms with Gasteiger partial charge in [-0.25, -0.2) is 0 Å². The number of hydrogen-bond donors (Lipinski definition) is 0. The van der Waals surface area contributed by atoms with E-state index >= 15 is 0 Å². The van der Waals surface area contributed by atoms with Crippen LogP contribution in [-0.4, -0.2) is 60.0 Å². The molecule has 0 spiro atoms. The highest BCUT2D eigenvalue weighted by Crippen LogP contribution is 2.43. The summed E-state index contributed by atoms with van der Waals surface area (Å²) in [7, 11) is 1.68. The molecule has 3 aromatic rings. The van der Waals surface area contributed by atoms with Crippen molar-refractivity contribution < 1.29 is 23.7 Å². The van der Waals surface area contributed by atoms with Gasteiger partial charge in [-0.2, -0.15) is 0 Å². The number of rotatable bonds is 46. The number of hydrogen-bond acceptors (Lipinski definition) is 8. The van der Waals surface area contributed by atoms with Gasteiger partial charge in [0, 0.05) is 21.7 Å². The molecule has 0 radical (unpaired) electrons. The maximum atomic E-state index is 6.23. The zero-order chi connectivity index (χ0) is 43.8. The molecule has 3 rings (SSSR count). The van der Waals surface area contributed by atoms with Crippen LogP contribution in [0.5, 0.6) is 0 Å². The fraction of sp³-hybridized carbons (Fsp3) is 0.778. The number of thiophene rings is 3. The maximum Gasteiger partial charge on any atom is 0.0732 e. The van der Waals surface area contributed by atoms with Crippen molar-refractivity contribution in [3.8, 4) is 19.5 Å². The molecule has 0 unspecified atom stereocenters. The Balaban J connectivity index is 1.39. The van der Waals surface area contributed by atoms with Gasteiger partial charge in [-0.3, -0.25) is 0 Å². The molecule has 0 atom stereocenters. The lowest BCUT2D eigenvalue weighted by atomic mass is 10.0. The average molecular weight is 918 g/mol. The van der Waals surface area contributed by atoms with Gasteiger partial charge in [0.1, 0.15) is 0 Å². The third-order valence-electron chi connectivity index (χ3n) is 12.0. The van der Waals surface area contributed by atoms with Crippen LogP contribution in [0.1, 0.15) is 210 Å². The van der Waals surface area contributed by atoms with Crippen molar-refractivity contribution in [2.24, 2.45) is 0 Å². The first-order valence-electron chi connectivity index (χ1n) is 25.8. The van der Waals surface area contributed by atoms with Gasteiger partial charge in [0.2, 0.25) is 0 Å². The van der Waals surface area contributed by atoms with E-state index in [0.29, 0.717) is 59.5 Å². The van der Waals surface area contributed by atoms with Crippen molar-refractivity contribution in [3.05, 3.63) is 45.6 Å². The Morgan fingerprint density at radius 3 is 1.15 bits per heavy atom. The first kappa shape index (κ1) is 55.2. The Kier molecular flexibility index (Phi) is 35.8. The van der Waals surface area contributed by atoms with Gasteiger partial charge in [-0.15, -0.1) is 34.0 Å². The second kappa shape index (κ2) is 40.2. The first-order chi connectivity index (χ1) is 30.7. The van der Waals surface area contributed by atoms with Crippen LogP contribution < -0.4 is 0 Å². The molecule has 0 aliphatic carbocycles. The van der Waals surface area contributed by atoms with Gasteiger partial charge in [-0.05, 0) is 71.3 Å². The predicted molar refractivity (Wildman–Crippen MR) is 273 cm³/mol. The van der Waals surface area contributed by atoms with Gasteiger partial charge in [0.05, 0.1) is 64.3 Å². The van der Waals surface area contributed by atoms with E-state index in [1.807, 2.05) is 34.0 Å². The van der Waals surface area contributed by atoms with E-state index in [1.165, 1.54) is 229 Å². The van der Waals surface area contributed by atoms with Crippen LogP contribution in [0, 0.1) is 0 Å². The van der Waals surface area contributed by atoms with E-state index in [9.17, 15) is 0 Å². The van der Waals surface area contributed by atoms with Crippen molar-refractivity contribution in [1.29, 1.82) is 0 Å². The number of unbranched alkanes of at least 4 members (excludes halogenated alkanes) is 26. The van der Waals surface area contributed by atoms with E-state index in [1.54, 1.807) is 7.11 Å². The molecule has 0 saturated heterocycles. The Hall–Kier alpha value is -1.10. The monoisotopic (exact) mass is 917 g/mol. The summed E-state index contributed by atoms with van der Waals surface area (Å²) in [4.78, 5) is 5.53. The molecule has 0 aliphatic heterocycles. The summed E-state index contributed by atoms with van der Waals surface area (Å²) in [6.07, 6.45) is 41.8. The summed E-state index contributed by atoms with van der Waals surface area (Å²) in [5.41, 5.74) is 4.30. The van der Waals surface area contributed by atoms with Gasteiger partial charge in [0.15, 0.2) is 0 Å². The quantitative estimate of drug-likeness (QED) is 0.0529. The third kappa shape index (κ3) is 28.1. The average Bonchev–Trinajstić information content (AvgIpc) is 4.06. The molecule has 5 nitrogen and oxygen atoms in total. The molecule has 62 heavy (non-hydrogen) atoms. The lowest BCUT2D eigenvalue weighted by Gasteiger charge is -2.07. The van der Waals surface area contributed by atoms with E-state index in [-0.39, 0.29) is 0 Å². The summed E-state index contributed by atoms with van der Waals surface area (Å²) < 4.78 is 28.1. The Morgan fingerprint density at radius 1 is 0.371 bits per heavy atom. The van der Waals surface area contributed by atoms with Crippen molar-refractivity contribution in [2.45, 2.75) is 213 Å². The van der Waals surface area contributed by atoms with E-state index in [4.69, 9.17) is 23.7 Å². The fourth-order valence-corrected chi connectivity index (χ4v) is 11.5. The highest BCUT2D eigenvalue weighted by Gasteiger charge is 2.16. The largest absolute Gasteiger partial charge is 0.382 e. The standard InChI is InChI=1S/C54H92O5S3/c1-4-6-8-10-12-14-16-18-20-22-24-26-28-30-32-48-42-51(60-46-48)52-44-50(45-59-41-40-58-39-38-57-37-36-56-35-34-55-3)54(62-52)53-43-49(47-61-53)33-31-29-27-25-23-21-19-17-15-13-11-9-7-5-2/h42-44,46-47H,4-41,45H2,1-3H3. The molecule has 0 amide bonds.